The molecule has 3 saturated heterocycles. The van der Waals surface area contributed by atoms with Gasteiger partial charge in [-0.15, -0.1) is 0 Å². The van der Waals surface area contributed by atoms with Crippen molar-refractivity contribution in [1.82, 2.24) is 57.3 Å². The van der Waals surface area contributed by atoms with Gasteiger partial charge < -0.3 is 68.8 Å². The zero-order valence-electron chi connectivity index (χ0n) is 51.3. The Hall–Kier alpha value is -7.40. The molecule has 0 saturated carbocycles. The molecule has 23 nitrogen and oxygen atoms in total. The number of unbranched alkanes of at least 4 members (excludes halogenated alkanes) is 2. The molecule has 13 N–H and O–H groups in total. The normalized spacial score (nSPS) is 27.1. The maximum Gasteiger partial charge on any atom is 0.246 e. The molecule has 7 rings (SSSR count). The molecule has 470 valence electrons. The van der Waals surface area contributed by atoms with Crippen molar-refractivity contribution in [3.8, 4) is 0 Å². The highest BCUT2D eigenvalue weighted by molar-refractivity contribution is 6.01. The summed E-state index contributed by atoms with van der Waals surface area (Å²) in [4.78, 5) is 154. The second kappa shape index (κ2) is 30.3. The minimum atomic E-state index is -1.22. The van der Waals surface area contributed by atoms with E-state index in [1.165, 1.54) is 9.80 Å². The van der Waals surface area contributed by atoms with Gasteiger partial charge in [0, 0.05) is 42.4 Å². The predicted molar refractivity (Wildman–Crippen MR) is 325 cm³/mol. The summed E-state index contributed by atoms with van der Waals surface area (Å²) < 4.78 is 0. The van der Waals surface area contributed by atoms with Gasteiger partial charge in [-0.3, -0.25) is 47.9 Å². The Morgan fingerprint density at radius 2 is 0.988 bits per heavy atom. The first-order valence-electron chi connectivity index (χ1n) is 31.1. The van der Waals surface area contributed by atoms with Gasteiger partial charge in [-0.05, 0) is 118 Å². The first kappa shape index (κ1) is 66.1. The van der Waals surface area contributed by atoms with Gasteiger partial charge in [-0.25, -0.2) is 0 Å². The van der Waals surface area contributed by atoms with E-state index in [0.717, 1.165) is 16.5 Å². The molecule has 3 fully saturated rings. The second-order valence-electron chi connectivity index (χ2n) is 25.3. The van der Waals surface area contributed by atoms with E-state index in [0.29, 0.717) is 56.5 Å². The third-order valence-corrected chi connectivity index (χ3v) is 16.9. The minimum absolute atomic E-state index is 0.0277. The van der Waals surface area contributed by atoms with E-state index in [1.807, 2.05) is 70.2 Å². The molecular formula is C63H93N13O10. The van der Waals surface area contributed by atoms with E-state index in [9.17, 15) is 43.2 Å². The molecule has 0 radical (unpaired) electrons. The summed E-state index contributed by atoms with van der Waals surface area (Å²) in [6.45, 7) is 15.3. The Labute approximate surface area is 504 Å². The van der Waals surface area contributed by atoms with Crippen molar-refractivity contribution in [3.63, 3.8) is 0 Å². The number of H-pyrrole nitrogens is 1. The van der Waals surface area contributed by atoms with E-state index in [2.05, 4.69) is 47.5 Å². The van der Waals surface area contributed by atoms with Crippen LogP contribution in [0.25, 0.3) is 10.9 Å². The fourth-order valence-electron chi connectivity index (χ4n) is 12.4. The van der Waals surface area contributed by atoms with Crippen LogP contribution in [0.3, 0.4) is 0 Å². The molecule has 2 bridgehead atoms. The summed E-state index contributed by atoms with van der Waals surface area (Å²) in [5, 5.41) is 24.0. The molecular weight excluding hydrogens is 1100 g/mol. The molecule has 1 unspecified atom stereocenters. The number of aromatic amines is 1. The van der Waals surface area contributed by atoms with E-state index in [4.69, 9.17) is 11.5 Å². The van der Waals surface area contributed by atoms with Gasteiger partial charge >= 0.3 is 0 Å². The summed E-state index contributed by atoms with van der Waals surface area (Å²) in [6, 6.07) is 4.13. The fraction of sp³-hybridized carbons (Fsp3) is 0.619. The Balaban J connectivity index is 1.28. The zero-order chi connectivity index (χ0) is 62.5. The highest BCUT2D eigenvalue weighted by atomic mass is 16.2. The molecule has 4 aliphatic rings. The molecule has 10 amide bonds. The van der Waals surface area contributed by atoms with Crippen molar-refractivity contribution in [2.24, 2.45) is 35.1 Å². The van der Waals surface area contributed by atoms with Gasteiger partial charge in [-0.1, -0.05) is 104 Å². The average molecular weight is 1190 g/mol. The standard InChI is InChI=1S/C63H93N13O10/c1-34(2)29-44-56(79)71-46(31-38-19-10-9-11-20-38)62(85)75-28-18-25-48(75)58(81)73-51(36(5)6)60(83)67-42(23-14-16-26-64)55(78)70-45(30-35(3)4)57(80)72-47-33-49-53-40(39-21-12-13-22-41(39)66-53)32-50(76(49)63(47)86)59(82)74-52(37(7)8)61(84)68-43(54(77)69-44)24-15-17-27-65/h9-13,19-22,34-37,42-52,66H,14-18,23-33,64-65H2,1-8H3,(H,67,83)(H,68,84)(H,69,77)(H,70,78)(H,71,79)(H,72,80)(H,73,81)(H,74,82)/t42-,43-,44-,45-,46-,47+,48-,49?,50+,51-,52-/m0/s1. The highest BCUT2D eigenvalue weighted by Gasteiger charge is 2.52. The molecule has 86 heavy (non-hydrogen) atoms. The lowest BCUT2D eigenvalue weighted by atomic mass is 9.91. The maximum atomic E-state index is 15.0. The molecule has 0 spiro atoms. The summed E-state index contributed by atoms with van der Waals surface area (Å²) >= 11 is 0. The molecule has 0 aliphatic carbocycles. The van der Waals surface area contributed by atoms with Crippen LogP contribution >= 0.6 is 0 Å². The van der Waals surface area contributed by atoms with Gasteiger partial charge in [0.15, 0.2) is 0 Å². The predicted octanol–water partition coefficient (Wildman–Crippen LogP) is 2.15. The Bertz CT molecular complexity index is 2910. The third kappa shape index (κ3) is 16.4. The maximum absolute atomic E-state index is 15.0. The van der Waals surface area contributed by atoms with Gasteiger partial charge in [0.25, 0.3) is 0 Å². The molecule has 5 heterocycles. The van der Waals surface area contributed by atoms with Crippen LogP contribution < -0.4 is 54.0 Å². The number of aromatic nitrogens is 1. The number of carbonyl (C=O) groups is 10. The number of rotatable bonds is 16. The molecule has 3 aromatic rings. The van der Waals surface area contributed by atoms with Gasteiger partial charge in [-0.2, -0.15) is 0 Å². The quantitative estimate of drug-likeness (QED) is 0.0920. The monoisotopic (exact) mass is 1190 g/mol. The van der Waals surface area contributed by atoms with Crippen LogP contribution in [0.1, 0.15) is 149 Å². The van der Waals surface area contributed by atoms with Crippen molar-refractivity contribution in [2.45, 2.75) is 205 Å². The summed E-state index contributed by atoms with van der Waals surface area (Å²) in [6.07, 6.45) is 3.25. The molecule has 1 aromatic heterocycles. The van der Waals surface area contributed by atoms with Crippen molar-refractivity contribution < 1.29 is 47.9 Å². The van der Waals surface area contributed by atoms with E-state index in [-0.39, 0.29) is 69.7 Å². The minimum Gasteiger partial charge on any atom is -0.356 e. The molecule has 4 aliphatic heterocycles. The summed E-state index contributed by atoms with van der Waals surface area (Å²) in [5.41, 5.74) is 14.8. The average Bonchev–Trinajstić information content (AvgIpc) is 1.67. The fourth-order valence-corrected chi connectivity index (χ4v) is 12.4. The third-order valence-electron chi connectivity index (χ3n) is 16.9. The van der Waals surface area contributed by atoms with Gasteiger partial charge in [0.1, 0.15) is 60.4 Å². The van der Waals surface area contributed by atoms with Crippen LogP contribution in [0.2, 0.25) is 0 Å². The van der Waals surface area contributed by atoms with E-state index < -0.39 is 137 Å². The van der Waals surface area contributed by atoms with Crippen LogP contribution in [0.5, 0.6) is 0 Å². The number of nitrogens with two attached hydrogens (primary N) is 2. The van der Waals surface area contributed by atoms with Crippen molar-refractivity contribution in [2.75, 3.05) is 19.6 Å². The van der Waals surface area contributed by atoms with Crippen LogP contribution in [0, 0.1) is 23.7 Å². The van der Waals surface area contributed by atoms with Crippen LogP contribution in [0.15, 0.2) is 54.6 Å². The van der Waals surface area contributed by atoms with Crippen LogP contribution in [-0.2, 0) is 60.8 Å². The number of fused-ring (bicyclic) bond motifs is 6. The topological polar surface area (TPSA) is 341 Å². The van der Waals surface area contributed by atoms with Gasteiger partial charge in [0.2, 0.25) is 59.1 Å². The lowest BCUT2D eigenvalue weighted by Gasteiger charge is -2.37. The number of nitrogens with one attached hydrogen (secondary N) is 9. The molecule has 2 aromatic carbocycles. The largest absolute Gasteiger partial charge is 0.356 e. The van der Waals surface area contributed by atoms with Crippen molar-refractivity contribution >= 4 is 70.0 Å². The Morgan fingerprint density at radius 3 is 1.52 bits per heavy atom. The first-order chi connectivity index (χ1) is 41.0. The Morgan fingerprint density at radius 1 is 0.500 bits per heavy atom. The number of nitrogens with zero attached hydrogens (tertiary/aromatic N) is 2. The number of hydrogen-bond acceptors (Lipinski definition) is 12. The summed E-state index contributed by atoms with van der Waals surface area (Å²) in [7, 11) is 0. The smallest absolute Gasteiger partial charge is 0.246 e. The second-order valence-corrected chi connectivity index (χ2v) is 25.3. The van der Waals surface area contributed by atoms with Crippen molar-refractivity contribution in [3.05, 3.63) is 71.4 Å². The molecule has 11 atom stereocenters. The van der Waals surface area contributed by atoms with E-state index in [1.54, 1.807) is 39.8 Å². The zero-order valence-corrected chi connectivity index (χ0v) is 51.3. The number of carbonyl (C=O) groups excluding carboxylic acids is 10. The van der Waals surface area contributed by atoms with E-state index >= 15 is 4.79 Å². The number of amides is 10. The van der Waals surface area contributed by atoms with Crippen LogP contribution in [-0.4, -0.2) is 154 Å². The molecule has 23 heteroatoms. The number of para-hydroxylation sites is 1. The SMILES string of the molecule is CC(C)C[C@@H]1NC(=O)[C@H](CCCCN)NC(=O)[C@H](C(C)C)NC(=O)[C@H]2Cc3c([nH]c4ccccc34)C3C[C@@H](NC(=O)[C@H](CC(C)C)NC(=O)[C@H](CCCCN)NC(=O)[C@H](C(C)C)NC(=O)[C@@H]4CCCN4C(=O)[C@H](Cc4ccccc4)NC1=O)C(=O)N32. The number of hydrogen-bond donors (Lipinski definition) is 11. The first-order valence-corrected chi connectivity index (χ1v) is 31.1. The van der Waals surface area contributed by atoms with Crippen molar-refractivity contribution in [1.29, 1.82) is 0 Å². The lowest BCUT2D eigenvalue weighted by molar-refractivity contribution is -0.143. The number of benzene rings is 2. The summed E-state index contributed by atoms with van der Waals surface area (Å²) in [5.74, 6) is -7.68. The Kier molecular flexibility index (Phi) is 23.3. The van der Waals surface area contributed by atoms with Gasteiger partial charge in [0.05, 0.1) is 6.04 Å². The lowest BCUT2D eigenvalue weighted by Crippen LogP contribution is -2.62. The highest BCUT2D eigenvalue weighted by Crippen LogP contribution is 2.44. The van der Waals surface area contributed by atoms with Crippen LogP contribution in [0.4, 0.5) is 0 Å².